The van der Waals surface area contributed by atoms with E-state index in [1.54, 1.807) is 11.0 Å². The molecule has 2 N–H and O–H groups in total. The highest BCUT2D eigenvalue weighted by atomic mass is 16.3. The lowest BCUT2D eigenvalue weighted by Crippen LogP contribution is -2.42. The Morgan fingerprint density at radius 3 is 2.67 bits per heavy atom. The van der Waals surface area contributed by atoms with Crippen molar-refractivity contribution >= 4 is 0 Å². The number of aliphatic hydroxyl groups excluding tert-OH is 1. The van der Waals surface area contributed by atoms with Crippen molar-refractivity contribution in [2.45, 2.75) is 25.9 Å². The lowest BCUT2D eigenvalue weighted by molar-refractivity contribution is 0.187. The number of hydrogen-bond acceptors (Lipinski definition) is 4. The fourth-order valence-corrected chi connectivity index (χ4v) is 1.45. The van der Waals surface area contributed by atoms with Crippen molar-refractivity contribution in [1.29, 1.82) is 0 Å². The van der Waals surface area contributed by atoms with Crippen LogP contribution in [0.15, 0.2) is 36.5 Å². The van der Waals surface area contributed by atoms with E-state index in [0.29, 0.717) is 6.54 Å². The van der Waals surface area contributed by atoms with Gasteiger partial charge in [0, 0.05) is 12.1 Å². The molecule has 0 saturated heterocycles. The molecule has 18 heavy (non-hydrogen) atoms. The number of para-hydroxylation sites is 1. The number of nitrogens with zero attached hydrogens (tertiary/aromatic N) is 3. The molecule has 0 amide bonds. The van der Waals surface area contributed by atoms with Crippen LogP contribution in [-0.4, -0.2) is 32.2 Å². The first-order valence-corrected chi connectivity index (χ1v) is 5.93. The molecular weight excluding hydrogens is 228 g/mol. The molecular formula is C13H18N4O. The molecule has 5 heteroatoms. The van der Waals surface area contributed by atoms with Gasteiger partial charge in [-0.1, -0.05) is 18.2 Å². The number of aromatic nitrogens is 3. The number of hydrogen-bond donors (Lipinski definition) is 2. The van der Waals surface area contributed by atoms with Crippen molar-refractivity contribution in [2.24, 2.45) is 0 Å². The van der Waals surface area contributed by atoms with Gasteiger partial charge in [0.05, 0.1) is 24.2 Å². The van der Waals surface area contributed by atoms with Gasteiger partial charge in [0.1, 0.15) is 0 Å². The standard InChI is InChI=1S/C13H18N4O/c1-13(2,10-18)14-8-11-9-15-17(16-11)12-6-4-3-5-7-12/h3-7,9,14,18H,8,10H2,1-2H3. The van der Waals surface area contributed by atoms with Crippen LogP contribution in [0, 0.1) is 0 Å². The average Bonchev–Trinajstić information content (AvgIpc) is 2.86. The summed E-state index contributed by atoms with van der Waals surface area (Å²) in [5.74, 6) is 0. The first-order chi connectivity index (χ1) is 8.61. The lowest BCUT2D eigenvalue weighted by Gasteiger charge is -2.22. The van der Waals surface area contributed by atoms with Gasteiger partial charge in [0.15, 0.2) is 0 Å². The molecule has 1 aromatic heterocycles. The summed E-state index contributed by atoms with van der Waals surface area (Å²) >= 11 is 0. The molecule has 0 bridgehead atoms. The van der Waals surface area contributed by atoms with E-state index in [4.69, 9.17) is 5.11 Å². The third-order valence-corrected chi connectivity index (χ3v) is 2.67. The van der Waals surface area contributed by atoms with Crippen LogP contribution in [0.2, 0.25) is 0 Å². The Labute approximate surface area is 106 Å². The van der Waals surface area contributed by atoms with Gasteiger partial charge < -0.3 is 10.4 Å². The van der Waals surface area contributed by atoms with Gasteiger partial charge in [-0.15, -0.1) is 0 Å². The fraction of sp³-hybridized carbons (Fsp3) is 0.385. The quantitative estimate of drug-likeness (QED) is 0.830. The van der Waals surface area contributed by atoms with Crippen molar-refractivity contribution < 1.29 is 5.11 Å². The van der Waals surface area contributed by atoms with Crippen LogP contribution >= 0.6 is 0 Å². The Balaban J connectivity index is 2.03. The SMILES string of the molecule is CC(C)(CO)NCc1cnn(-c2ccccc2)n1. The third-order valence-electron chi connectivity index (χ3n) is 2.67. The van der Waals surface area contributed by atoms with Crippen molar-refractivity contribution in [3.63, 3.8) is 0 Å². The van der Waals surface area contributed by atoms with Gasteiger partial charge >= 0.3 is 0 Å². The predicted molar refractivity (Wildman–Crippen MR) is 69.4 cm³/mol. The first kappa shape index (κ1) is 12.7. The van der Waals surface area contributed by atoms with Crippen LogP contribution in [0.25, 0.3) is 5.69 Å². The highest BCUT2D eigenvalue weighted by Crippen LogP contribution is 2.06. The van der Waals surface area contributed by atoms with Crippen LogP contribution < -0.4 is 5.32 Å². The summed E-state index contributed by atoms with van der Waals surface area (Å²) in [4.78, 5) is 1.60. The summed E-state index contributed by atoms with van der Waals surface area (Å²) in [5.41, 5.74) is 1.47. The number of benzene rings is 1. The molecule has 0 atom stereocenters. The van der Waals surface area contributed by atoms with Crippen LogP contribution in [0.3, 0.4) is 0 Å². The summed E-state index contributed by atoms with van der Waals surface area (Å²) in [5, 5.41) is 21.0. The highest BCUT2D eigenvalue weighted by Gasteiger charge is 2.15. The largest absolute Gasteiger partial charge is 0.394 e. The molecule has 0 saturated carbocycles. The molecule has 96 valence electrons. The van der Waals surface area contributed by atoms with Gasteiger partial charge in [-0.3, -0.25) is 0 Å². The van der Waals surface area contributed by atoms with Crippen LogP contribution in [-0.2, 0) is 6.54 Å². The maximum atomic E-state index is 9.15. The smallest absolute Gasteiger partial charge is 0.0969 e. The summed E-state index contributed by atoms with van der Waals surface area (Å²) < 4.78 is 0. The molecule has 1 heterocycles. The summed E-state index contributed by atoms with van der Waals surface area (Å²) in [6.07, 6.45) is 1.73. The molecule has 2 rings (SSSR count). The van der Waals surface area contributed by atoms with E-state index >= 15 is 0 Å². The monoisotopic (exact) mass is 246 g/mol. The maximum Gasteiger partial charge on any atom is 0.0969 e. The molecule has 0 aliphatic carbocycles. The minimum Gasteiger partial charge on any atom is -0.394 e. The molecule has 5 nitrogen and oxygen atoms in total. The number of aliphatic hydroxyl groups is 1. The van der Waals surface area contributed by atoms with Crippen molar-refractivity contribution in [2.75, 3.05) is 6.61 Å². The molecule has 0 spiro atoms. The third kappa shape index (κ3) is 3.15. The average molecular weight is 246 g/mol. The van der Waals surface area contributed by atoms with Gasteiger partial charge in [0.25, 0.3) is 0 Å². The Hall–Kier alpha value is -1.72. The predicted octanol–water partition coefficient (Wildman–Crippen LogP) is 1.13. The summed E-state index contributed by atoms with van der Waals surface area (Å²) in [6.45, 7) is 4.55. The molecule has 0 unspecified atom stereocenters. The zero-order valence-corrected chi connectivity index (χ0v) is 10.7. The van der Waals surface area contributed by atoms with Crippen molar-refractivity contribution in [3.05, 3.63) is 42.2 Å². The summed E-state index contributed by atoms with van der Waals surface area (Å²) in [6, 6.07) is 9.76. The molecule has 0 fully saturated rings. The van der Waals surface area contributed by atoms with E-state index < -0.39 is 0 Å². The van der Waals surface area contributed by atoms with Crippen molar-refractivity contribution in [1.82, 2.24) is 20.3 Å². The number of nitrogens with one attached hydrogen (secondary N) is 1. The van der Waals surface area contributed by atoms with E-state index in [0.717, 1.165) is 11.4 Å². The fourth-order valence-electron chi connectivity index (χ4n) is 1.45. The van der Waals surface area contributed by atoms with E-state index in [-0.39, 0.29) is 12.1 Å². The van der Waals surface area contributed by atoms with Crippen molar-refractivity contribution in [3.8, 4) is 5.69 Å². The lowest BCUT2D eigenvalue weighted by atomic mass is 10.1. The molecule has 1 aromatic carbocycles. The van der Waals surface area contributed by atoms with Gasteiger partial charge in [-0.25, -0.2) is 0 Å². The van der Waals surface area contributed by atoms with Crippen LogP contribution in [0.5, 0.6) is 0 Å². The zero-order chi connectivity index (χ0) is 13.0. The van der Waals surface area contributed by atoms with Crippen LogP contribution in [0.1, 0.15) is 19.5 Å². The normalized spacial score (nSPS) is 11.7. The first-order valence-electron chi connectivity index (χ1n) is 5.93. The molecule has 0 radical (unpaired) electrons. The molecule has 0 aliphatic heterocycles. The highest BCUT2D eigenvalue weighted by molar-refractivity contribution is 5.28. The molecule has 0 aliphatic rings. The minimum atomic E-state index is -0.309. The molecule has 2 aromatic rings. The summed E-state index contributed by atoms with van der Waals surface area (Å²) in [7, 11) is 0. The second-order valence-electron chi connectivity index (χ2n) is 4.86. The van der Waals surface area contributed by atoms with E-state index in [1.807, 2.05) is 44.2 Å². The van der Waals surface area contributed by atoms with Gasteiger partial charge in [-0.05, 0) is 26.0 Å². The zero-order valence-electron chi connectivity index (χ0n) is 10.7. The topological polar surface area (TPSA) is 63.0 Å². The van der Waals surface area contributed by atoms with Crippen LogP contribution in [0.4, 0.5) is 0 Å². The minimum absolute atomic E-state index is 0.0832. The second kappa shape index (κ2) is 5.29. The Morgan fingerprint density at radius 2 is 2.00 bits per heavy atom. The Morgan fingerprint density at radius 1 is 1.28 bits per heavy atom. The van der Waals surface area contributed by atoms with Gasteiger partial charge in [0.2, 0.25) is 0 Å². The van der Waals surface area contributed by atoms with E-state index in [9.17, 15) is 0 Å². The second-order valence-corrected chi connectivity index (χ2v) is 4.86. The number of rotatable bonds is 5. The Kier molecular flexibility index (Phi) is 3.74. The Bertz CT molecular complexity index is 493. The van der Waals surface area contributed by atoms with E-state index in [2.05, 4.69) is 15.5 Å². The maximum absolute atomic E-state index is 9.15. The van der Waals surface area contributed by atoms with Gasteiger partial charge in [-0.2, -0.15) is 15.0 Å². The van der Waals surface area contributed by atoms with E-state index in [1.165, 1.54) is 0 Å².